The molecule has 0 bridgehead atoms. The minimum atomic E-state index is -0.150. The van der Waals surface area contributed by atoms with E-state index < -0.39 is 0 Å². The van der Waals surface area contributed by atoms with E-state index in [1.807, 2.05) is 30.3 Å². The highest BCUT2D eigenvalue weighted by molar-refractivity contribution is 5.77. The Labute approximate surface area is 107 Å². The molecular formula is C13H19NO4. The van der Waals surface area contributed by atoms with Gasteiger partial charge in [-0.1, -0.05) is 18.2 Å². The number of carbonyl (C=O) groups excluding carboxylic acids is 1. The van der Waals surface area contributed by atoms with Crippen LogP contribution in [0.4, 0.5) is 0 Å². The highest BCUT2D eigenvalue weighted by Crippen LogP contribution is 2.07. The SMILES string of the molecule is COCCOCC(=O)NCCOc1ccccc1. The molecule has 5 heteroatoms. The van der Waals surface area contributed by atoms with Crippen molar-refractivity contribution in [3.05, 3.63) is 30.3 Å². The fourth-order valence-corrected chi connectivity index (χ4v) is 1.23. The molecule has 5 nitrogen and oxygen atoms in total. The van der Waals surface area contributed by atoms with Crippen molar-refractivity contribution in [3.8, 4) is 5.75 Å². The minimum Gasteiger partial charge on any atom is -0.492 e. The molecule has 0 atom stereocenters. The molecule has 0 saturated heterocycles. The van der Waals surface area contributed by atoms with Crippen LogP contribution in [-0.4, -0.2) is 46.0 Å². The summed E-state index contributed by atoms with van der Waals surface area (Å²) in [4.78, 5) is 11.3. The van der Waals surface area contributed by atoms with Gasteiger partial charge in [-0.2, -0.15) is 0 Å². The van der Waals surface area contributed by atoms with Crippen molar-refractivity contribution in [2.24, 2.45) is 0 Å². The van der Waals surface area contributed by atoms with Crippen molar-refractivity contribution >= 4 is 5.91 Å². The van der Waals surface area contributed by atoms with E-state index in [4.69, 9.17) is 14.2 Å². The number of ether oxygens (including phenoxy) is 3. The highest BCUT2D eigenvalue weighted by Gasteiger charge is 2.00. The van der Waals surface area contributed by atoms with E-state index >= 15 is 0 Å². The molecule has 0 saturated carbocycles. The summed E-state index contributed by atoms with van der Waals surface area (Å²) in [5, 5.41) is 2.70. The highest BCUT2D eigenvalue weighted by atomic mass is 16.5. The Balaban J connectivity index is 1.99. The maximum atomic E-state index is 11.3. The Morgan fingerprint density at radius 1 is 1.17 bits per heavy atom. The molecule has 0 radical (unpaired) electrons. The first kappa shape index (κ1) is 14.5. The Hall–Kier alpha value is -1.59. The third-order valence-corrected chi connectivity index (χ3v) is 2.10. The van der Waals surface area contributed by atoms with E-state index in [2.05, 4.69) is 5.32 Å². The summed E-state index contributed by atoms with van der Waals surface area (Å²) in [6.07, 6.45) is 0. The third kappa shape index (κ3) is 6.88. The normalized spacial score (nSPS) is 10.1. The zero-order valence-corrected chi connectivity index (χ0v) is 10.6. The van der Waals surface area contributed by atoms with Crippen LogP contribution < -0.4 is 10.1 Å². The van der Waals surface area contributed by atoms with Crippen LogP contribution in [-0.2, 0) is 14.3 Å². The average molecular weight is 253 g/mol. The van der Waals surface area contributed by atoms with Gasteiger partial charge in [-0.3, -0.25) is 4.79 Å². The van der Waals surface area contributed by atoms with E-state index in [0.29, 0.717) is 26.4 Å². The van der Waals surface area contributed by atoms with Crippen LogP contribution in [0.2, 0.25) is 0 Å². The molecule has 0 spiro atoms. The first-order valence-corrected chi connectivity index (χ1v) is 5.84. The number of hydrogen-bond acceptors (Lipinski definition) is 4. The topological polar surface area (TPSA) is 56.8 Å². The van der Waals surface area contributed by atoms with E-state index in [1.54, 1.807) is 7.11 Å². The van der Waals surface area contributed by atoms with E-state index in [-0.39, 0.29) is 12.5 Å². The quantitative estimate of drug-likeness (QED) is 0.663. The van der Waals surface area contributed by atoms with Gasteiger partial charge in [0.05, 0.1) is 19.8 Å². The van der Waals surface area contributed by atoms with Crippen LogP contribution in [0, 0.1) is 0 Å². The number of methoxy groups -OCH3 is 1. The van der Waals surface area contributed by atoms with Gasteiger partial charge in [0.2, 0.25) is 5.91 Å². The van der Waals surface area contributed by atoms with E-state index in [0.717, 1.165) is 5.75 Å². The van der Waals surface area contributed by atoms with Crippen LogP contribution in [0.25, 0.3) is 0 Å². The molecular weight excluding hydrogens is 234 g/mol. The molecule has 18 heavy (non-hydrogen) atoms. The Morgan fingerprint density at radius 2 is 1.94 bits per heavy atom. The summed E-state index contributed by atoms with van der Waals surface area (Å²) in [5.74, 6) is 0.644. The maximum absolute atomic E-state index is 11.3. The second kappa shape index (κ2) is 9.44. The predicted octanol–water partition coefficient (Wildman–Crippen LogP) is 0.845. The second-order valence-electron chi connectivity index (χ2n) is 3.56. The lowest BCUT2D eigenvalue weighted by Crippen LogP contribution is -2.31. The molecule has 1 amide bonds. The summed E-state index contributed by atoms with van der Waals surface area (Å²) in [6.45, 7) is 1.86. The zero-order chi connectivity index (χ0) is 13.1. The van der Waals surface area contributed by atoms with Crippen molar-refractivity contribution in [3.63, 3.8) is 0 Å². The number of hydrogen-bond donors (Lipinski definition) is 1. The first-order valence-electron chi connectivity index (χ1n) is 5.84. The predicted molar refractivity (Wildman–Crippen MR) is 67.6 cm³/mol. The standard InChI is InChI=1S/C13H19NO4/c1-16-9-10-17-11-13(15)14-7-8-18-12-5-3-2-4-6-12/h2-6H,7-11H2,1H3,(H,14,15). The molecule has 1 aromatic rings. The number of amides is 1. The van der Waals surface area contributed by atoms with Crippen LogP contribution >= 0.6 is 0 Å². The lowest BCUT2D eigenvalue weighted by atomic mass is 10.3. The van der Waals surface area contributed by atoms with Crippen LogP contribution in [0.15, 0.2) is 30.3 Å². The molecule has 0 unspecified atom stereocenters. The summed E-state index contributed by atoms with van der Waals surface area (Å²) >= 11 is 0. The minimum absolute atomic E-state index is 0.0503. The molecule has 0 aliphatic heterocycles. The molecule has 1 N–H and O–H groups in total. The van der Waals surface area contributed by atoms with Crippen molar-refractivity contribution in [2.45, 2.75) is 0 Å². The number of rotatable bonds is 9. The smallest absolute Gasteiger partial charge is 0.246 e. The molecule has 0 fully saturated rings. The fourth-order valence-electron chi connectivity index (χ4n) is 1.23. The van der Waals surface area contributed by atoms with Crippen molar-refractivity contribution in [2.75, 3.05) is 40.1 Å². The van der Waals surface area contributed by atoms with Crippen LogP contribution in [0.3, 0.4) is 0 Å². The first-order chi connectivity index (χ1) is 8.83. The molecule has 1 rings (SSSR count). The number of carbonyl (C=O) groups is 1. The zero-order valence-electron chi connectivity index (χ0n) is 10.6. The largest absolute Gasteiger partial charge is 0.492 e. The number of para-hydroxylation sites is 1. The average Bonchev–Trinajstić information content (AvgIpc) is 2.41. The van der Waals surface area contributed by atoms with Crippen LogP contribution in [0.1, 0.15) is 0 Å². The molecule has 0 aromatic heterocycles. The number of nitrogens with one attached hydrogen (secondary N) is 1. The summed E-state index contributed by atoms with van der Waals surface area (Å²) < 4.78 is 15.3. The Bertz CT molecular complexity index is 329. The Kier molecular flexibility index (Phi) is 7.59. The second-order valence-corrected chi connectivity index (χ2v) is 3.56. The van der Waals surface area contributed by atoms with Gasteiger partial charge in [0.15, 0.2) is 0 Å². The lowest BCUT2D eigenvalue weighted by molar-refractivity contribution is -0.126. The van der Waals surface area contributed by atoms with E-state index in [9.17, 15) is 4.79 Å². The van der Waals surface area contributed by atoms with Gasteiger partial charge in [0, 0.05) is 7.11 Å². The van der Waals surface area contributed by atoms with E-state index in [1.165, 1.54) is 0 Å². The third-order valence-electron chi connectivity index (χ3n) is 2.10. The van der Waals surface area contributed by atoms with Gasteiger partial charge in [-0.25, -0.2) is 0 Å². The summed E-state index contributed by atoms with van der Waals surface area (Å²) in [7, 11) is 1.59. The molecule has 0 aliphatic rings. The fraction of sp³-hybridized carbons (Fsp3) is 0.462. The van der Waals surface area contributed by atoms with Gasteiger partial charge >= 0.3 is 0 Å². The van der Waals surface area contributed by atoms with Gasteiger partial charge in [0.1, 0.15) is 19.0 Å². The van der Waals surface area contributed by atoms with Crippen molar-refractivity contribution in [1.82, 2.24) is 5.32 Å². The lowest BCUT2D eigenvalue weighted by Gasteiger charge is -2.07. The van der Waals surface area contributed by atoms with Gasteiger partial charge in [-0.15, -0.1) is 0 Å². The molecule has 100 valence electrons. The maximum Gasteiger partial charge on any atom is 0.246 e. The van der Waals surface area contributed by atoms with Crippen molar-refractivity contribution in [1.29, 1.82) is 0 Å². The molecule has 0 aliphatic carbocycles. The van der Waals surface area contributed by atoms with Gasteiger partial charge < -0.3 is 19.5 Å². The van der Waals surface area contributed by atoms with Gasteiger partial charge in [0.25, 0.3) is 0 Å². The van der Waals surface area contributed by atoms with Crippen LogP contribution in [0.5, 0.6) is 5.75 Å². The number of benzene rings is 1. The Morgan fingerprint density at radius 3 is 2.67 bits per heavy atom. The summed E-state index contributed by atoms with van der Waals surface area (Å²) in [5.41, 5.74) is 0. The monoisotopic (exact) mass is 253 g/mol. The van der Waals surface area contributed by atoms with Gasteiger partial charge in [-0.05, 0) is 12.1 Å². The summed E-state index contributed by atoms with van der Waals surface area (Å²) in [6, 6.07) is 9.46. The molecule has 0 heterocycles. The molecule has 1 aromatic carbocycles. The van der Waals surface area contributed by atoms with Crippen molar-refractivity contribution < 1.29 is 19.0 Å².